The summed E-state index contributed by atoms with van der Waals surface area (Å²) in [7, 11) is 0. The molecule has 0 saturated carbocycles. The van der Waals surface area contributed by atoms with Crippen molar-refractivity contribution >= 4 is 0 Å². The van der Waals surface area contributed by atoms with Gasteiger partial charge in [0.05, 0.1) is 0 Å². The molecule has 1 aromatic carbocycles. The van der Waals surface area contributed by atoms with Crippen LogP contribution in [0.3, 0.4) is 0 Å². The average Bonchev–Trinajstić information content (AvgIpc) is 2.16. The van der Waals surface area contributed by atoms with Gasteiger partial charge in [-0.3, -0.25) is 0 Å². The van der Waals surface area contributed by atoms with E-state index in [9.17, 15) is 0 Å². The topological polar surface area (TPSA) is 0 Å². The summed E-state index contributed by atoms with van der Waals surface area (Å²) in [5.74, 6) is 6.55. The van der Waals surface area contributed by atoms with Gasteiger partial charge >= 0.3 is 0 Å². The molecule has 1 rings (SSSR count). The maximum absolute atomic E-state index is 3.56. The van der Waals surface area contributed by atoms with E-state index >= 15 is 0 Å². The van der Waals surface area contributed by atoms with Gasteiger partial charge in [-0.25, -0.2) is 0 Å². The molecule has 14 heavy (non-hydrogen) atoms. The SMILES string of the molecule is C=CC#Cc1ccc(CC(C)C)cc1. The highest BCUT2D eigenvalue weighted by atomic mass is 14.0. The Hall–Kier alpha value is -1.48. The van der Waals surface area contributed by atoms with Crippen molar-refractivity contribution in [2.24, 2.45) is 5.92 Å². The Balaban J connectivity index is 2.73. The highest BCUT2D eigenvalue weighted by molar-refractivity contribution is 5.38. The lowest BCUT2D eigenvalue weighted by Gasteiger charge is -2.03. The maximum Gasteiger partial charge on any atom is 0.0249 e. The molecular formula is C14H16. The summed E-state index contributed by atoms with van der Waals surface area (Å²) >= 11 is 0. The van der Waals surface area contributed by atoms with Crippen LogP contribution in [0.4, 0.5) is 0 Å². The van der Waals surface area contributed by atoms with Crippen molar-refractivity contribution in [3.8, 4) is 11.8 Å². The van der Waals surface area contributed by atoms with E-state index in [0.717, 1.165) is 12.0 Å². The average molecular weight is 184 g/mol. The molecule has 72 valence electrons. The zero-order valence-electron chi connectivity index (χ0n) is 8.88. The van der Waals surface area contributed by atoms with Crippen LogP contribution in [0.25, 0.3) is 0 Å². The van der Waals surface area contributed by atoms with Gasteiger partial charge in [-0.15, -0.1) is 0 Å². The summed E-state index contributed by atoms with van der Waals surface area (Å²) in [5, 5.41) is 0. The summed E-state index contributed by atoms with van der Waals surface area (Å²) in [5.41, 5.74) is 2.43. The number of benzene rings is 1. The predicted molar refractivity (Wildman–Crippen MR) is 62.1 cm³/mol. The molecule has 0 aromatic heterocycles. The van der Waals surface area contributed by atoms with Crippen LogP contribution in [-0.4, -0.2) is 0 Å². The highest BCUT2D eigenvalue weighted by Crippen LogP contribution is 2.08. The fraction of sp³-hybridized carbons (Fsp3) is 0.286. The molecule has 0 heteroatoms. The first-order valence-corrected chi connectivity index (χ1v) is 4.93. The molecule has 1 aromatic rings. The van der Waals surface area contributed by atoms with E-state index in [4.69, 9.17) is 0 Å². The van der Waals surface area contributed by atoms with E-state index in [-0.39, 0.29) is 0 Å². The molecule has 0 N–H and O–H groups in total. The lowest BCUT2D eigenvalue weighted by atomic mass is 10.0. The van der Waals surface area contributed by atoms with E-state index in [1.807, 2.05) is 0 Å². The first-order chi connectivity index (χ1) is 6.72. The molecule has 0 heterocycles. The minimum Gasteiger partial charge on any atom is -0.0906 e. The third-order valence-corrected chi connectivity index (χ3v) is 1.92. The zero-order chi connectivity index (χ0) is 10.4. The molecule has 0 atom stereocenters. The van der Waals surface area contributed by atoms with Crippen LogP contribution in [0.2, 0.25) is 0 Å². The van der Waals surface area contributed by atoms with Gasteiger partial charge in [0, 0.05) is 5.56 Å². The summed E-state index contributed by atoms with van der Waals surface area (Å²) in [4.78, 5) is 0. The maximum atomic E-state index is 3.56. The van der Waals surface area contributed by atoms with Crippen LogP contribution < -0.4 is 0 Å². The minimum absolute atomic E-state index is 0.708. The quantitative estimate of drug-likeness (QED) is 0.618. The van der Waals surface area contributed by atoms with E-state index in [2.05, 4.69) is 56.5 Å². The Morgan fingerprint density at radius 3 is 2.43 bits per heavy atom. The fourth-order valence-electron chi connectivity index (χ4n) is 1.33. The highest BCUT2D eigenvalue weighted by Gasteiger charge is 1.96. The first-order valence-electron chi connectivity index (χ1n) is 4.93. The molecule has 0 spiro atoms. The second kappa shape index (κ2) is 5.29. The first kappa shape index (κ1) is 10.6. The van der Waals surface area contributed by atoms with Crippen molar-refractivity contribution in [3.63, 3.8) is 0 Å². The van der Waals surface area contributed by atoms with Crippen molar-refractivity contribution in [3.05, 3.63) is 48.0 Å². The van der Waals surface area contributed by atoms with Crippen LogP contribution in [-0.2, 0) is 6.42 Å². The molecule has 0 unspecified atom stereocenters. The Morgan fingerprint density at radius 2 is 1.93 bits per heavy atom. The van der Waals surface area contributed by atoms with Crippen molar-refractivity contribution in [1.29, 1.82) is 0 Å². The molecule has 0 fully saturated rings. The van der Waals surface area contributed by atoms with E-state index in [1.54, 1.807) is 6.08 Å². The Morgan fingerprint density at radius 1 is 1.29 bits per heavy atom. The van der Waals surface area contributed by atoms with E-state index in [1.165, 1.54) is 5.56 Å². The normalized spacial score (nSPS) is 9.36. The van der Waals surface area contributed by atoms with Crippen LogP contribution >= 0.6 is 0 Å². The van der Waals surface area contributed by atoms with Crippen molar-refractivity contribution in [1.82, 2.24) is 0 Å². The summed E-state index contributed by atoms with van der Waals surface area (Å²) in [6.45, 7) is 8.01. The summed E-state index contributed by atoms with van der Waals surface area (Å²) in [6.07, 6.45) is 2.75. The molecular weight excluding hydrogens is 168 g/mol. The molecule has 0 amide bonds. The van der Waals surface area contributed by atoms with Gasteiger partial charge in [-0.1, -0.05) is 44.4 Å². The predicted octanol–water partition coefficient (Wildman–Crippen LogP) is 3.42. The van der Waals surface area contributed by atoms with Gasteiger partial charge in [0.25, 0.3) is 0 Å². The van der Waals surface area contributed by atoms with Crippen LogP contribution in [0, 0.1) is 17.8 Å². The third kappa shape index (κ3) is 3.49. The number of hydrogen-bond acceptors (Lipinski definition) is 0. The van der Waals surface area contributed by atoms with Crippen molar-refractivity contribution in [2.45, 2.75) is 20.3 Å². The smallest absolute Gasteiger partial charge is 0.0249 e. The van der Waals surface area contributed by atoms with Crippen molar-refractivity contribution in [2.75, 3.05) is 0 Å². The fourth-order valence-corrected chi connectivity index (χ4v) is 1.33. The molecule has 0 radical (unpaired) electrons. The largest absolute Gasteiger partial charge is 0.0906 e. The van der Waals surface area contributed by atoms with Crippen LogP contribution in [0.1, 0.15) is 25.0 Å². The van der Waals surface area contributed by atoms with Gasteiger partial charge < -0.3 is 0 Å². The Kier molecular flexibility index (Phi) is 4.01. The summed E-state index contributed by atoms with van der Waals surface area (Å²) < 4.78 is 0. The second-order valence-corrected chi connectivity index (χ2v) is 3.77. The molecule has 0 nitrogen and oxygen atoms in total. The van der Waals surface area contributed by atoms with Crippen LogP contribution in [0.5, 0.6) is 0 Å². The molecule has 0 aliphatic carbocycles. The standard InChI is InChI=1S/C14H16/c1-4-5-6-13-7-9-14(10-8-13)11-12(2)3/h4,7-10,12H,1,11H2,2-3H3. The van der Waals surface area contributed by atoms with E-state index in [0.29, 0.717) is 5.92 Å². The third-order valence-electron chi connectivity index (χ3n) is 1.92. The lowest BCUT2D eigenvalue weighted by molar-refractivity contribution is 0.647. The monoisotopic (exact) mass is 184 g/mol. The van der Waals surface area contributed by atoms with Gasteiger partial charge in [0.15, 0.2) is 0 Å². The Bertz CT molecular complexity index is 344. The second-order valence-electron chi connectivity index (χ2n) is 3.77. The molecule has 0 saturated heterocycles. The van der Waals surface area contributed by atoms with Gasteiger partial charge in [0.1, 0.15) is 0 Å². The van der Waals surface area contributed by atoms with Gasteiger partial charge in [-0.05, 0) is 36.1 Å². The Labute approximate surface area is 86.7 Å². The molecule has 0 aliphatic rings. The van der Waals surface area contributed by atoms with Gasteiger partial charge in [0.2, 0.25) is 0 Å². The molecule has 0 bridgehead atoms. The number of hydrogen-bond donors (Lipinski definition) is 0. The lowest BCUT2D eigenvalue weighted by Crippen LogP contribution is -1.93. The van der Waals surface area contributed by atoms with E-state index < -0.39 is 0 Å². The minimum atomic E-state index is 0.708. The van der Waals surface area contributed by atoms with Crippen molar-refractivity contribution < 1.29 is 0 Å². The zero-order valence-corrected chi connectivity index (χ0v) is 8.88. The number of allylic oxidation sites excluding steroid dienone is 1. The molecule has 0 aliphatic heterocycles. The van der Waals surface area contributed by atoms with Gasteiger partial charge in [-0.2, -0.15) is 0 Å². The summed E-state index contributed by atoms with van der Waals surface area (Å²) in [6, 6.07) is 8.42. The van der Waals surface area contributed by atoms with Crippen LogP contribution in [0.15, 0.2) is 36.9 Å². The number of rotatable bonds is 2.